The van der Waals surface area contributed by atoms with Gasteiger partial charge in [0.05, 0.1) is 10.6 Å². The van der Waals surface area contributed by atoms with Gasteiger partial charge >= 0.3 is 6.18 Å². The van der Waals surface area contributed by atoms with Crippen molar-refractivity contribution in [1.29, 1.82) is 0 Å². The lowest BCUT2D eigenvalue weighted by Crippen LogP contribution is -2.24. The van der Waals surface area contributed by atoms with Gasteiger partial charge in [0.15, 0.2) is 0 Å². The first kappa shape index (κ1) is 16.6. The first-order valence-electron chi connectivity index (χ1n) is 7.81. The number of halogens is 4. The average molecular weight is 387 g/mol. The van der Waals surface area contributed by atoms with Crippen molar-refractivity contribution in [2.75, 3.05) is 0 Å². The minimum absolute atomic E-state index is 0.0734. The predicted octanol–water partition coefficient (Wildman–Crippen LogP) is 6.58. The molecular weight excluding hydrogens is 369 g/mol. The summed E-state index contributed by atoms with van der Waals surface area (Å²) >= 11 is 3.27. The Hall–Kier alpha value is -1.23. The van der Waals surface area contributed by atoms with Crippen molar-refractivity contribution in [2.24, 2.45) is 5.92 Å². The third-order valence-corrected chi connectivity index (χ3v) is 5.08. The molecule has 0 aromatic heterocycles. The van der Waals surface area contributed by atoms with Gasteiger partial charge in [-0.15, -0.1) is 0 Å². The van der Waals surface area contributed by atoms with Crippen LogP contribution in [0.1, 0.15) is 38.2 Å². The number of benzene rings is 2. The van der Waals surface area contributed by atoms with Gasteiger partial charge in [0.25, 0.3) is 0 Å². The van der Waals surface area contributed by atoms with Crippen molar-refractivity contribution in [1.82, 2.24) is 0 Å². The molecule has 0 heterocycles. The summed E-state index contributed by atoms with van der Waals surface area (Å²) in [5, 5.41) is 0.735. The molecule has 1 saturated carbocycles. The lowest BCUT2D eigenvalue weighted by Gasteiger charge is -2.29. The molecule has 0 atom stereocenters. The molecule has 124 valence electrons. The van der Waals surface area contributed by atoms with Crippen LogP contribution in [0.4, 0.5) is 13.2 Å². The van der Waals surface area contributed by atoms with Crippen LogP contribution in [0, 0.1) is 5.92 Å². The van der Waals surface area contributed by atoms with Crippen molar-refractivity contribution < 1.29 is 17.9 Å². The Bertz CT molecular complexity index is 703. The fourth-order valence-corrected chi connectivity index (χ4v) is 3.74. The van der Waals surface area contributed by atoms with Crippen LogP contribution in [0.15, 0.2) is 34.8 Å². The summed E-state index contributed by atoms with van der Waals surface area (Å²) in [7, 11) is 0. The summed E-state index contributed by atoms with van der Waals surface area (Å²) in [5.41, 5.74) is -0.680. The van der Waals surface area contributed by atoms with E-state index in [1.54, 1.807) is 24.3 Å². The van der Waals surface area contributed by atoms with E-state index < -0.39 is 11.7 Å². The monoisotopic (exact) mass is 386 g/mol. The van der Waals surface area contributed by atoms with E-state index in [4.69, 9.17) is 4.74 Å². The fourth-order valence-electron chi connectivity index (χ4n) is 3.21. The Balaban J connectivity index is 2.06. The van der Waals surface area contributed by atoms with Gasteiger partial charge in [-0.25, -0.2) is 0 Å². The molecule has 0 amide bonds. The largest absolute Gasteiger partial charge is 0.489 e. The zero-order chi connectivity index (χ0) is 16.6. The molecule has 0 bridgehead atoms. The topological polar surface area (TPSA) is 9.23 Å². The van der Waals surface area contributed by atoms with E-state index in [9.17, 15) is 13.2 Å². The van der Waals surface area contributed by atoms with Gasteiger partial charge < -0.3 is 4.74 Å². The van der Waals surface area contributed by atoms with Gasteiger partial charge in [-0.05, 0) is 64.4 Å². The molecule has 0 unspecified atom stereocenters. The molecule has 0 N–H and O–H groups in total. The maximum absolute atomic E-state index is 13.7. The van der Waals surface area contributed by atoms with Crippen molar-refractivity contribution >= 4 is 26.7 Å². The van der Waals surface area contributed by atoms with Gasteiger partial charge in [0, 0.05) is 0 Å². The van der Waals surface area contributed by atoms with Crippen LogP contribution in [-0.2, 0) is 6.18 Å². The van der Waals surface area contributed by atoms with Crippen LogP contribution in [-0.4, -0.2) is 6.10 Å². The van der Waals surface area contributed by atoms with E-state index in [1.165, 1.54) is 6.07 Å². The Morgan fingerprint density at radius 3 is 2.39 bits per heavy atom. The first-order valence-corrected chi connectivity index (χ1v) is 8.60. The van der Waals surface area contributed by atoms with E-state index >= 15 is 0 Å². The number of fused-ring (bicyclic) bond motifs is 1. The van der Waals surface area contributed by atoms with E-state index in [0.29, 0.717) is 15.8 Å². The molecule has 23 heavy (non-hydrogen) atoms. The van der Waals surface area contributed by atoms with E-state index in [0.717, 1.165) is 25.7 Å². The quantitative estimate of drug-likeness (QED) is 0.566. The van der Waals surface area contributed by atoms with Crippen molar-refractivity contribution in [3.8, 4) is 5.75 Å². The Morgan fingerprint density at radius 2 is 1.74 bits per heavy atom. The molecule has 0 radical (unpaired) electrons. The third kappa shape index (κ3) is 3.49. The van der Waals surface area contributed by atoms with Crippen LogP contribution >= 0.6 is 15.9 Å². The first-order chi connectivity index (χ1) is 10.9. The maximum atomic E-state index is 13.7. The zero-order valence-electron chi connectivity index (χ0n) is 12.8. The molecule has 2 aromatic carbocycles. The molecule has 5 heteroatoms. The summed E-state index contributed by atoms with van der Waals surface area (Å²) in [6.45, 7) is 2.17. The van der Waals surface area contributed by atoms with Gasteiger partial charge in [-0.1, -0.05) is 31.2 Å². The minimum atomic E-state index is -4.46. The summed E-state index contributed by atoms with van der Waals surface area (Å²) < 4.78 is 47.2. The second-order valence-corrected chi connectivity index (χ2v) is 7.14. The van der Waals surface area contributed by atoms with Crippen LogP contribution in [0.5, 0.6) is 5.75 Å². The lowest BCUT2D eigenvalue weighted by atomic mass is 9.89. The van der Waals surface area contributed by atoms with E-state index in [-0.39, 0.29) is 17.2 Å². The molecule has 2 aromatic rings. The minimum Gasteiger partial charge on any atom is -0.489 e. The molecule has 0 saturated heterocycles. The molecule has 1 aliphatic carbocycles. The van der Waals surface area contributed by atoms with Crippen LogP contribution in [0.2, 0.25) is 0 Å². The summed E-state index contributed by atoms with van der Waals surface area (Å²) in [4.78, 5) is 0. The standard InChI is InChI=1S/C18H18BrF3O/c1-11-6-8-13(9-7-11)23-17-15(19)10-12-4-2-3-5-14(12)16(17)18(20,21)22/h2-5,10-11,13H,6-9H2,1H3/t11-,13+. The highest BCUT2D eigenvalue weighted by Crippen LogP contribution is 2.46. The highest BCUT2D eigenvalue weighted by Gasteiger charge is 2.38. The molecule has 1 fully saturated rings. The molecule has 0 spiro atoms. The Kier molecular flexibility index (Phi) is 4.59. The maximum Gasteiger partial charge on any atom is 0.420 e. The number of hydrogen-bond donors (Lipinski definition) is 0. The van der Waals surface area contributed by atoms with Crippen LogP contribution in [0.25, 0.3) is 10.8 Å². The zero-order valence-corrected chi connectivity index (χ0v) is 14.4. The van der Waals surface area contributed by atoms with Crippen LogP contribution in [0.3, 0.4) is 0 Å². The molecule has 3 rings (SSSR count). The number of rotatable bonds is 2. The molecule has 0 aliphatic heterocycles. The fraction of sp³-hybridized carbons (Fsp3) is 0.444. The molecular formula is C18H18BrF3O. The SMILES string of the molecule is C[C@H]1CC[C@@H](Oc2c(Br)cc3ccccc3c2C(F)(F)F)CC1. The van der Waals surface area contributed by atoms with Gasteiger partial charge in [0.1, 0.15) is 11.3 Å². The second-order valence-electron chi connectivity index (χ2n) is 6.28. The van der Waals surface area contributed by atoms with Crippen molar-refractivity contribution in [3.05, 3.63) is 40.4 Å². The summed E-state index contributed by atoms with van der Waals surface area (Å²) in [5.74, 6) is 0.549. The normalized spacial score (nSPS) is 22.3. The van der Waals surface area contributed by atoms with E-state index in [2.05, 4.69) is 22.9 Å². The number of hydrogen-bond acceptors (Lipinski definition) is 1. The summed E-state index contributed by atoms with van der Waals surface area (Å²) in [6.07, 6.45) is -1.00. The average Bonchev–Trinajstić information content (AvgIpc) is 2.49. The Labute approximate surface area is 142 Å². The predicted molar refractivity (Wildman–Crippen MR) is 88.7 cm³/mol. The van der Waals surface area contributed by atoms with Crippen molar-refractivity contribution in [2.45, 2.75) is 44.9 Å². The lowest BCUT2D eigenvalue weighted by molar-refractivity contribution is -0.138. The van der Waals surface area contributed by atoms with Crippen molar-refractivity contribution in [3.63, 3.8) is 0 Å². The van der Waals surface area contributed by atoms with E-state index in [1.807, 2.05) is 0 Å². The highest BCUT2D eigenvalue weighted by molar-refractivity contribution is 9.10. The third-order valence-electron chi connectivity index (χ3n) is 4.49. The highest BCUT2D eigenvalue weighted by atomic mass is 79.9. The second kappa shape index (κ2) is 6.34. The number of alkyl halides is 3. The smallest absolute Gasteiger partial charge is 0.420 e. The molecule has 1 aliphatic rings. The summed E-state index contributed by atoms with van der Waals surface area (Å²) in [6, 6.07) is 8.24. The molecule has 1 nitrogen and oxygen atoms in total. The Morgan fingerprint density at radius 1 is 1.09 bits per heavy atom. The van der Waals surface area contributed by atoms with Crippen LogP contribution < -0.4 is 4.74 Å². The van der Waals surface area contributed by atoms with Gasteiger partial charge in [-0.3, -0.25) is 0 Å². The number of ether oxygens (including phenoxy) is 1. The van der Waals surface area contributed by atoms with Gasteiger partial charge in [-0.2, -0.15) is 13.2 Å². The van der Waals surface area contributed by atoms with Gasteiger partial charge in [0.2, 0.25) is 0 Å².